The van der Waals surface area contributed by atoms with Gasteiger partial charge < -0.3 is 15.7 Å². The second-order valence-electron chi connectivity index (χ2n) is 5.37. The molecular formula is C14H15N3O3S. The van der Waals surface area contributed by atoms with E-state index >= 15 is 0 Å². The van der Waals surface area contributed by atoms with Crippen molar-refractivity contribution in [2.75, 3.05) is 18.8 Å². The lowest BCUT2D eigenvalue weighted by molar-refractivity contribution is -0.142. The van der Waals surface area contributed by atoms with E-state index < -0.39 is 11.9 Å². The van der Waals surface area contributed by atoms with Crippen LogP contribution in [0.25, 0.3) is 10.2 Å². The van der Waals surface area contributed by atoms with Gasteiger partial charge in [0.05, 0.1) is 16.1 Å². The molecule has 0 radical (unpaired) electrons. The number of aromatic nitrogens is 1. The molecule has 21 heavy (non-hydrogen) atoms. The van der Waals surface area contributed by atoms with Crippen LogP contribution in [0.3, 0.4) is 0 Å². The molecule has 2 heterocycles. The minimum absolute atomic E-state index is 0.0331. The second kappa shape index (κ2) is 5.00. The van der Waals surface area contributed by atoms with Gasteiger partial charge >= 0.3 is 5.97 Å². The highest BCUT2D eigenvalue weighted by molar-refractivity contribution is 7.22. The molecule has 0 spiro atoms. The topological polar surface area (TPSA) is 96.5 Å². The number of rotatable bonds is 2. The van der Waals surface area contributed by atoms with Gasteiger partial charge in [0.15, 0.2) is 5.13 Å². The van der Waals surface area contributed by atoms with E-state index in [0.29, 0.717) is 17.2 Å². The number of carboxylic acids is 1. The second-order valence-corrected chi connectivity index (χ2v) is 6.43. The van der Waals surface area contributed by atoms with E-state index in [2.05, 4.69) is 4.98 Å². The van der Waals surface area contributed by atoms with E-state index in [1.807, 2.05) is 6.92 Å². The van der Waals surface area contributed by atoms with Crippen molar-refractivity contribution in [2.24, 2.45) is 11.8 Å². The fourth-order valence-electron chi connectivity index (χ4n) is 2.71. The zero-order chi connectivity index (χ0) is 15.1. The predicted octanol–water partition coefficient (Wildman–Crippen LogP) is 1.67. The largest absolute Gasteiger partial charge is 0.481 e. The number of carbonyl (C=O) groups is 2. The Balaban J connectivity index is 1.85. The molecule has 3 N–H and O–H groups in total. The number of nitrogens with two attached hydrogens (primary N) is 1. The average molecular weight is 305 g/mol. The summed E-state index contributed by atoms with van der Waals surface area (Å²) in [5.41, 5.74) is 6.97. The average Bonchev–Trinajstić information content (AvgIpc) is 2.98. The number of carbonyl (C=O) groups excluding carboxylic acids is 1. The van der Waals surface area contributed by atoms with Crippen LogP contribution >= 0.6 is 11.3 Å². The van der Waals surface area contributed by atoms with Gasteiger partial charge in [-0.05, 0) is 24.1 Å². The SMILES string of the molecule is C[C@@H]1CN(C(=O)c2ccc3nc(N)sc3c2)C[C@H]1C(=O)O. The zero-order valence-electron chi connectivity index (χ0n) is 11.4. The van der Waals surface area contributed by atoms with Crippen LogP contribution in [0.15, 0.2) is 18.2 Å². The number of anilines is 1. The summed E-state index contributed by atoms with van der Waals surface area (Å²) in [6, 6.07) is 5.25. The van der Waals surface area contributed by atoms with E-state index in [0.717, 1.165) is 10.2 Å². The van der Waals surface area contributed by atoms with Crippen LogP contribution < -0.4 is 5.73 Å². The molecule has 2 atom stereocenters. The molecule has 0 bridgehead atoms. The summed E-state index contributed by atoms with van der Waals surface area (Å²) >= 11 is 1.33. The zero-order valence-corrected chi connectivity index (χ0v) is 12.3. The van der Waals surface area contributed by atoms with Crippen molar-refractivity contribution in [1.82, 2.24) is 9.88 Å². The highest BCUT2D eigenvalue weighted by Crippen LogP contribution is 2.28. The molecule has 1 aromatic heterocycles. The van der Waals surface area contributed by atoms with E-state index in [9.17, 15) is 9.59 Å². The molecule has 7 heteroatoms. The molecule has 1 amide bonds. The fourth-order valence-corrected chi connectivity index (χ4v) is 3.49. The minimum atomic E-state index is -0.844. The Labute approximate surface area is 125 Å². The third kappa shape index (κ3) is 2.44. The number of benzene rings is 1. The van der Waals surface area contributed by atoms with Gasteiger partial charge in [-0.25, -0.2) is 4.98 Å². The Kier molecular flexibility index (Phi) is 3.29. The van der Waals surface area contributed by atoms with Crippen LogP contribution in [-0.4, -0.2) is 40.0 Å². The van der Waals surface area contributed by atoms with Crippen LogP contribution in [0.4, 0.5) is 5.13 Å². The van der Waals surface area contributed by atoms with Gasteiger partial charge in [-0.2, -0.15) is 0 Å². The van der Waals surface area contributed by atoms with Gasteiger partial charge in [-0.1, -0.05) is 18.3 Å². The summed E-state index contributed by atoms with van der Waals surface area (Å²) in [4.78, 5) is 29.4. The molecule has 0 aliphatic carbocycles. The molecule has 1 aromatic carbocycles. The molecule has 1 aliphatic heterocycles. The van der Waals surface area contributed by atoms with E-state index in [1.54, 1.807) is 23.1 Å². The van der Waals surface area contributed by atoms with E-state index in [1.165, 1.54) is 11.3 Å². The lowest BCUT2D eigenvalue weighted by atomic mass is 9.99. The Hall–Kier alpha value is -2.15. The summed E-state index contributed by atoms with van der Waals surface area (Å²) in [5, 5.41) is 9.61. The maximum Gasteiger partial charge on any atom is 0.308 e. The summed E-state index contributed by atoms with van der Waals surface area (Å²) in [5.74, 6) is -1.51. The Bertz CT molecular complexity index is 727. The maximum absolute atomic E-state index is 12.5. The molecule has 6 nitrogen and oxygen atoms in total. The van der Waals surface area contributed by atoms with Crippen molar-refractivity contribution in [3.05, 3.63) is 23.8 Å². The lowest BCUT2D eigenvalue weighted by Gasteiger charge is -2.15. The molecule has 0 saturated carbocycles. The summed E-state index contributed by atoms with van der Waals surface area (Å²) in [6.07, 6.45) is 0. The Morgan fingerprint density at radius 3 is 2.86 bits per heavy atom. The molecule has 2 aromatic rings. The van der Waals surface area contributed by atoms with Crippen LogP contribution in [0.5, 0.6) is 0 Å². The van der Waals surface area contributed by atoms with Gasteiger partial charge in [0.1, 0.15) is 0 Å². The third-order valence-corrected chi connectivity index (χ3v) is 4.72. The standard InChI is InChI=1S/C14H15N3O3S/c1-7-5-17(6-9(7)13(19)20)12(18)8-2-3-10-11(4-8)21-14(15)16-10/h2-4,7,9H,5-6H2,1H3,(H2,15,16)(H,19,20)/t7-,9-/m1/s1. The number of nitrogens with zero attached hydrogens (tertiary/aromatic N) is 2. The maximum atomic E-state index is 12.5. The Morgan fingerprint density at radius 1 is 1.43 bits per heavy atom. The molecule has 110 valence electrons. The number of carboxylic acid groups (broad SMARTS) is 1. The molecule has 3 rings (SSSR count). The summed E-state index contributed by atoms with van der Waals surface area (Å²) in [6.45, 7) is 2.59. The number of thiazole rings is 1. The first-order valence-corrected chi connectivity index (χ1v) is 7.45. The quantitative estimate of drug-likeness (QED) is 0.879. The molecule has 1 aliphatic rings. The Morgan fingerprint density at radius 2 is 2.19 bits per heavy atom. The van der Waals surface area contributed by atoms with Crippen LogP contribution in [0.2, 0.25) is 0 Å². The van der Waals surface area contributed by atoms with E-state index in [4.69, 9.17) is 10.8 Å². The van der Waals surface area contributed by atoms with Crippen molar-refractivity contribution in [1.29, 1.82) is 0 Å². The first-order chi connectivity index (χ1) is 9.95. The van der Waals surface area contributed by atoms with Crippen molar-refractivity contribution >= 4 is 38.6 Å². The van der Waals surface area contributed by atoms with Crippen molar-refractivity contribution in [3.8, 4) is 0 Å². The third-order valence-electron chi connectivity index (χ3n) is 3.87. The highest BCUT2D eigenvalue weighted by Gasteiger charge is 2.37. The number of aliphatic carboxylic acids is 1. The molecule has 1 fully saturated rings. The lowest BCUT2D eigenvalue weighted by Crippen LogP contribution is -2.29. The molecule has 1 saturated heterocycles. The van der Waals surface area contributed by atoms with Gasteiger partial charge in [0.2, 0.25) is 0 Å². The number of hydrogen-bond acceptors (Lipinski definition) is 5. The van der Waals surface area contributed by atoms with Gasteiger partial charge in [-0.15, -0.1) is 0 Å². The molecule has 0 unspecified atom stereocenters. The number of nitrogen functional groups attached to an aromatic ring is 1. The first-order valence-electron chi connectivity index (χ1n) is 6.64. The van der Waals surface area contributed by atoms with Crippen LogP contribution in [0, 0.1) is 11.8 Å². The van der Waals surface area contributed by atoms with Crippen LogP contribution in [-0.2, 0) is 4.79 Å². The molecular weight excluding hydrogens is 290 g/mol. The number of hydrogen-bond donors (Lipinski definition) is 2. The van der Waals surface area contributed by atoms with Gasteiger partial charge in [-0.3, -0.25) is 9.59 Å². The number of fused-ring (bicyclic) bond motifs is 1. The van der Waals surface area contributed by atoms with Gasteiger partial charge in [0, 0.05) is 18.7 Å². The number of amides is 1. The minimum Gasteiger partial charge on any atom is -0.481 e. The highest BCUT2D eigenvalue weighted by atomic mass is 32.1. The smallest absolute Gasteiger partial charge is 0.308 e. The van der Waals surface area contributed by atoms with Gasteiger partial charge in [0.25, 0.3) is 5.91 Å². The van der Waals surface area contributed by atoms with Crippen molar-refractivity contribution in [2.45, 2.75) is 6.92 Å². The van der Waals surface area contributed by atoms with Crippen molar-refractivity contribution in [3.63, 3.8) is 0 Å². The summed E-state index contributed by atoms with van der Waals surface area (Å²) in [7, 11) is 0. The predicted molar refractivity (Wildman–Crippen MR) is 80.2 cm³/mol. The fraction of sp³-hybridized carbons (Fsp3) is 0.357. The van der Waals surface area contributed by atoms with Crippen LogP contribution in [0.1, 0.15) is 17.3 Å². The first kappa shape index (κ1) is 13.8. The van der Waals surface area contributed by atoms with E-state index in [-0.39, 0.29) is 18.4 Å². The summed E-state index contributed by atoms with van der Waals surface area (Å²) < 4.78 is 0.861. The van der Waals surface area contributed by atoms with Crippen molar-refractivity contribution < 1.29 is 14.7 Å². The monoisotopic (exact) mass is 305 g/mol. The number of likely N-dealkylation sites (tertiary alicyclic amines) is 1. The normalized spacial score (nSPS) is 21.9.